The number of ketones is 1. The Balaban J connectivity index is 1.79. The van der Waals surface area contributed by atoms with Gasteiger partial charge in [-0.3, -0.25) is 4.79 Å². The fourth-order valence-electron chi connectivity index (χ4n) is 5.37. The lowest BCUT2D eigenvalue weighted by Gasteiger charge is -2.38. The monoisotopic (exact) mass is 381 g/mol. The Morgan fingerprint density at radius 2 is 1.80 bits per heavy atom. The van der Waals surface area contributed by atoms with Gasteiger partial charge in [-0.1, -0.05) is 26.7 Å². The average molecular weight is 381 g/mol. The minimum atomic E-state index is -4.41. The van der Waals surface area contributed by atoms with Crippen LogP contribution < -0.4 is 4.72 Å². The van der Waals surface area contributed by atoms with E-state index in [1.54, 1.807) is 0 Å². The minimum absolute atomic E-state index is 0.0462. The van der Waals surface area contributed by atoms with Gasteiger partial charge in [0.1, 0.15) is 5.78 Å². The van der Waals surface area contributed by atoms with E-state index < -0.39 is 39.0 Å². The van der Waals surface area contributed by atoms with Gasteiger partial charge in [0.25, 0.3) is 0 Å². The number of nitrogens with one attached hydrogen (secondary N) is 1. The number of fused-ring (bicyclic) bond motifs is 2. The molecule has 3 saturated carbocycles. The number of alkyl halides is 3. The summed E-state index contributed by atoms with van der Waals surface area (Å²) in [5, 5.41) is 0. The first-order valence-corrected chi connectivity index (χ1v) is 10.6. The Labute approximate surface area is 147 Å². The number of rotatable bonds is 4. The molecule has 0 unspecified atom stereocenters. The van der Waals surface area contributed by atoms with Crippen molar-refractivity contribution in [3.05, 3.63) is 0 Å². The largest absolute Gasteiger partial charge is 0.393 e. The maximum absolute atomic E-state index is 13.2. The molecular formula is C17H26F3NO3S. The molecule has 3 aliphatic rings. The number of hydrogen-bond acceptors (Lipinski definition) is 3. The molecule has 0 spiro atoms. The third-order valence-corrected chi connectivity index (χ3v) is 8.63. The second-order valence-electron chi connectivity index (χ2n) is 8.58. The third kappa shape index (κ3) is 3.13. The summed E-state index contributed by atoms with van der Waals surface area (Å²) >= 11 is 0. The van der Waals surface area contributed by atoms with Crippen molar-refractivity contribution in [2.45, 2.75) is 71.0 Å². The molecule has 3 fully saturated rings. The van der Waals surface area contributed by atoms with Gasteiger partial charge < -0.3 is 0 Å². The van der Waals surface area contributed by atoms with Crippen molar-refractivity contribution in [2.24, 2.45) is 22.7 Å². The second-order valence-corrected chi connectivity index (χ2v) is 10.3. The molecule has 1 N–H and O–H groups in total. The van der Waals surface area contributed by atoms with Gasteiger partial charge >= 0.3 is 6.18 Å². The van der Waals surface area contributed by atoms with Crippen LogP contribution in [0.3, 0.4) is 0 Å². The molecule has 0 aromatic rings. The number of halogens is 3. The fourth-order valence-corrected chi connectivity index (χ4v) is 7.52. The summed E-state index contributed by atoms with van der Waals surface area (Å²) in [7, 11) is -3.98. The van der Waals surface area contributed by atoms with E-state index in [0.717, 1.165) is 6.42 Å². The third-order valence-electron chi connectivity index (χ3n) is 7.09. The molecule has 0 saturated heterocycles. The van der Waals surface area contributed by atoms with E-state index in [-0.39, 0.29) is 30.3 Å². The quantitative estimate of drug-likeness (QED) is 0.812. The van der Waals surface area contributed by atoms with Gasteiger partial charge in [-0.05, 0) is 37.0 Å². The molecule has 3 rings (SSSR count). The molecule has 2 bridgehead atoms. The van der Waals surface area contributed by atoms with Crippen molar-refractivity contribution in [1.29, 1.82) is 0 Å². The number of sulfonamides is 1. The highest BCUT2D eigenvalue weighted by atomic mass is 32.2. The van der Waals surface area contributed by atoms with Crippen molar-refractivity contribution < 1.29 is 26.4 Å². The van der Waals surface area contributed by atoms with Gasteiger partial charge in [0.2, 0.25) is 10.0 Å². The van der Waals surface area contributed by atoms with E-state index in [0.29, 0.717) is 25.7 Å². The highest BCUT2D eigenvalue weighted by Crippen LogP contribution is 2.64. The maximum Gasteiger partial charge on any atom is 0.393 e. The SMILES string of the molecule is CC1(C)[C@H]2CC[C@@]1(CS(=O)(=O)N[C@@H]1CCCC[C@H]1C(F)(F)F)C(=O)C2. The summed E-state index contributed by atoms with van der Waals surface area (Å²) in [5.41, 5.74) is -1.37. The molecule has 0 aromatic carbocycles. The summed E-state index contributed by atoms with van der Waals surface area (Å²) in [6.45, 7) is 3.84. The lowest BCUT2D eigenvalue weighted by Crippen LogP contribution is -2.51. The van der Waals surface area contributed by atoms with Crippen LogP contribution in [0.5, 0.6) is 0 Å². The van der Waals surface area contributed by atoms with Crippen LogP contribution in [-0.4, -0.2) is 32.2 Å². The van der Waals surface area contributed by atoms with Crippen LogP contribution in [-0.2, 0) is 14.8 Å². The van der Waals surface area contributed by atoms with Crippen molar-refractivity contribution in [1.82, 2.24) is 4.72 Å². The fraction of sp³-hybridized carbons (Fsp3) is 0.941. The van der Waals surface area contributed by atoms with Gasteiger partial charge in [-0.25, -0.2) is 13.1 Å². The normalized spacial score (nSPS) is 38.3. The summed E-state index contributed by atoms with van der Waals surface area (Å²) in [6.07, 6.45) is -1.52. The van der Waals surface area contributed by atoms with Crippen molar-refractivity contribution >= 4 is 15.8 Å². The van der Waals surface area contributed by atoms with Crippen molar-refractivity contribution in [3.63, 3.8) is 0 Å². The van der Waals surface area contributed by atoms with E-state index in [2.05, 4.69) is 4.72 Å². The summed E-state index contributed by atoms with van der Waals surface area (Å²) in [4.78, 5) is 12.5. The summed E-state index contributed by atoms with van der Waals surface area (Å²) in [6, 6.07) is -1.12. The summed E-state index contributed by atoms with van der Waals surface area (Å²) in [5.74, 6) is -1.90. The van der Waals surface area contributed by atoms with Crippen LogP contribution in [0, 0.1) is 22.7 Å². The van der Waals surface area contributed by atoms with Gasteiger partial charge in [-0.15, -0.1) is 0 Å². The zero-order chi connectivity index (χ0) is 18.7. The van der Waals surface area contributed by atoms with Crippen LogP contribution in [0.15, 0.2) is 0 Å². The molecule has 3 aliphatic carbocycles. The Morgan fingerprint density at radius 1 is 1.16 bits per heavy atom. The van der Waals surface area contributed by atoms with Crippen LogP contribution in [0.1, 0.15) is 58.8 Å². The molecule has 0 aliphatic heterocycles. The topological polar surface area (TPSA) is 63.2 Å². The van der Waals surface area contributed by atoms with E-state index >= 15 is 0 Å². The first-order chi connectivity index (χ1) is 11.4. The standard InChI is InChI=1S/C17H26F3NO3S/c1-15(2)11-7-8-16(15,14(22)9-11)10-25(23,24)21-13-6-4-3-5-12(13)17(18,19)20/h11-13,21H,3-10H2,1-2H3/t11-,12+,13+,16+/m0/s1. The zero-order valence-corrected chi connectivity index (χ0v) is 15.5. The molecule has 0 radical (unpaired) electrons. The average Bonchev–Trinajstić information content (AvgIpc) is 2.79. The molecule has 4 atom stereocenters. The molecule has 0 amide bonds. The van der Waals surface area contributed by atoms with Crippen LogP contribution in [0.4, 0.5) is 13.2 Å². The van der Waals surface area contributed by atoms with Gasteiger partial charge in [-0.2, -0.15) is 13.2 Å². The molecule has 25 heavy (non-hydrogen) atoms. The molecule has 0 heterocycles. The first-order valence-electron chi connectivity index (χ1n) is 8.99. The predicted octanol–water partition coefficient (Wildman–Crippen LogP) is 3.42. The van der Waals surface area contributed by atoms with E-state index in [1.165, 1.54) is 0 Å². The van der Waals surface area contributed by atoms with Crippen LogP contribution in [0.25, 0.3) is 0 Å². The van der Waals surface area contributed by atoms with Crippen LogP contribution >= 0.6 is 0 Å². The van der Waals surface area contributed by atoms with Gasteiger partial charge in [0.05, 0.1) is 11.7 Å². The first kappa shape index (κ1) is 19.1. The Morgan fingerprint density at radius 3 is 2.32 bits per heavy atom. The molecule has 4 nitrogen and oxygen atoms in total. The number of hydrogen-bond donors (Lipinski definition) is 1. The van der Waals surface area contributed by atoms with Crippen molar-refractivity contribution in [3.8, 4) is 0 Å². The Bertz CT molecular complexity index is 659. The van der Waals surface area contributed by atoms with Crippen molar-refractivity contribution in [2.75, 3.05) is 5.75 Å². The van der Waals surface area contributed by atoms with E-state index in [4.69, 9.17) is 0 Å². The van der Waals surface area contributed by atoms with Crippen LogP contribution in [0.2, 0.25) is 0 Å². The molecule has 8 heteroatoms. The van der Waals surface area contributed by atoms with E-state index in [1.807, 2.05) is 13.8 Å². The zero-order valence-electron chi connectivity index (χ0n) is 14.7. The number of carbonyl (C=O) groups is 1. The molecule has 0 aromatic heterocycles. The lowest BCUT2D eigenvalue weighted by molar-refractivity contribution is -0.187. The van der Waals surface area contributed by atoms with E-state index in [9.17, 15) is 26.4 Å². The highest BCUT2D eigenvalue weighted by molar-refractivity contribution is 7.89. The van der Waals surface area contributed by atoms with Gasteiger partial charge in [0.15, 0.2) is 0 Å². The number of carbonyl (C=O) groups excluding carboxylic acids is 1. The minimum Gasteiger partial charge on any atom is -0.299 e. The Kier molecular flexibility index (Phi) is 4.55. The predicted molar refractivity (Wildman–Crippen MR) is 87.3 cm³/mol. The lowest BCUT2D eigenvalue weighted by atomic mass is 9.70. The van der Waals surface area contributed by atoms with Gasteiger partial charge in [0, 0.05) is 17.9 Å². The second kappa shape index (κ2) is 5.94. The smallest absolute Gasteiger partial charge is 0.299 e. The molecular weight excluding hydrogens is 355 g/mol. The molecule has 144 valence electrons. The maximum atomic E-state index is 13.2. The summed E-state index contributed by atoms with van der Waals surface area (Å²) < 4.78 is 67.4. The number of Topliss-reactive ketones (excluding diaryl/α,β-unsaturated/α-hetero) is 1. The Hall–Kier alpha value is -0.630. The highest BCUT2D eigenvalue weighted by Gasteiger charge is 2.65.